The first-order valence-electron chi connectivity index (χ1n) is 5.05. The summed E-state index contributed by atoms with van der Waals surface area (Å²) in [7, 11) is 1.66. The summed E-state index contributed by atoms with van der Waals surface area (Å²) in [5, 5.41) is 0. The van der Waals surface area contributed by atoms with Gasteiger partial charge in [0.05, 0.1) is 13.2 Å². The molecule has 0 aliphatic heterocycles. The summed E-state index contributed by atoms with van der Waals surface area (Å²) in [5.74, 6) is 1.69. The van der Waals surface area contributed by atoms with Crippen molar-refractivity contribution >= 4 is 17.7 Å². The van der Waals surface area contributed by atoms with Crippen LogP contribution >= 0.6 is 11.8 Å². The van der Waals surface area contributed by atoms with Crippen LogP contribution in [0.25, 0.3) is 0 Å². The van der Waals surface area contributed by atoms with Gasteiger partial charge in [0.15, 0.2) is 0 Å². The molecule has 0 aromatic rings. The molecule has 0 amide bonds. The molecule has 0 rings (SSSR count). The first-order chi connectivity index (χ1) is 7.27. The van der Waals surface area contributed by atoms with Gasteiger partial charge in [-0.05, 0) is 12.2 Å². The Labute approximate surface area is 95.6 Å². The topological polar surface area (TPSA) is 44.8 Å². The predicted molar refractivity (Wildman–Crippen MR) is 61.3 cm³/mol. The molecule has 0 saturated heterocycles. The summed E-state index contributed by atoms with van der Waals surface area (Å²) < 4.78 is 14.9. The van der Waals surface area contributed by atoms with E-state index >= 15 is 0 Å². The number of carbonyl (C=O) groups excluding carboxylic acids is 1. The molecule has 0 aliphatic rings. The first-order valence-corrected chi connectivity index (χ1v) is 6.20. The van der Waals surface area contributed by atoms with Gasteiger partial charge >= 0.3 is 5.97 Å². The number of ether oxygens (including phenoxy) is 3. The van der Waals surface area contributed by atoms with Gasteiger partial charge in [0.25, 0.3) is 0 Å². The molecular formula is C10H20O4S. The lowest BCUT2D eigenvalue weighted by Crippen LogP contribution is -2.05. The molecule has 5 heteroatoms. The summed E-state index contributed by atoms with van der Waals surface area (Å²) in [6.45, 7) is 4.01. The van der Waals surface area contributed by atoms with E-state index in [4.69, 9.17) is 14.2 Å². The van der Waals surface area contributed by atoms with Crippen molar-refractivity contribution in [1.82, 2.24) is 0 Å². The van der Waals surface area contributed by atoms with E-state index < -0.39 is 0 Å². The van der Waals surface area contributed by atoms with Gasteiger partial charge in [0.2, 0.25) is 0 Å². The van der Waals surface area contributed by atoms with E-state index in [9.17, 15) is 4.79 Å². The average molecular weight is 236 g/mol. The zero-order chi connectivity index (χ0) is 11.4. The van der Waals surface area contributed by atoms with Crippen molar-refractivity contribution < 1.29 is 19.0 Å². The maximum absolute atomic E-state index is 10.4. The second-order valence-electron chi connectivity index (χ2n) is 2.91. The lowest BCUT2D eigenvalue weighted by molar-refractivity contribution is -0.140. The fourth-order valence-electron chi connectivity index (χ4n) is 0.854. The smallest absolute Gasteiger partial charge is 0.302 e. The summed E-state index contributed by atoms with van der Waals surface area (Å²) in [6.07, 6.45) is 1.02. The van der Waals surface area contributed by atoms with Crippen LogP contribution < -0.4 is 0 Å². The van der Waals surface area contributed by atoms with Gasteiger partial charge < -0.3 is 14.2 Å². The van der Waals surface area contributed by atoms with Crippen molar-refractivity contribution in [2.45, 2.75) is 13.3 Å². The van der Waals surface area contributed by atoms with Crippen molar-refractivity contribution in [3.05, 3.63) is 0 Å². The summed E-state index contributed by atoms with van der Waals surface area (Å²) >= 11 is 1.77. The van der Waals surface area contributed by atoms with Crippen LogP contribution in [0.15, 0.2) is 0 Å². The zero-order valence-corrected chi connectivity index (χ0v) is 10.3. The molecule has 0 N–H and O–H groups in total. The predicted octanol–water partition coefficient (Wildman–Crippen LogP) is 1.34. The van der Waals surface area contributed by atoms with Gasteiger partial charge in [-0.3, -0.25) is 4.79 Å². The normalized spacial score (nSPS) is 10.3. The molecule has 0 bridgehead atoms. The molecule has 0 aromatic carbocycles. The number of hydrogen-bond donors (Lipinski definition) is 0. The Balaban J connectivity index is 2.89. The number of esters is 1. The number of hydrogen-bond acceptors (Lipinski definition) is 5. The Morgan fingerprint density at radius 2 is 1.93 bits per heavy atom. The van der Waals surface area contributed by atoms with E-state index in [1.165, 1.54) is 6.92 Å². The maximum atomic E-state index is 10.4. The Bertz CT molecular complexity index is 152. The van der Waals surface area contributed by atoms with E-state index in [1.54, 1.807) is 18.9 Å². The van der Waals surface area contributed by atoms with E-state index in [1.807, 2.05) is 0 Å². The third-order valence-electron chi connectivity index (χ3n) is 1.54. The van der Waals surface area contributed by atoms with Crippen LogP contribution in [0.5, 0.6) is 0 Å². The van der Waals surface area contributed by atoms with Crippen LogP contribution in [-0.4, -0.2) is 51.0 Å². The zero-order valence-electron chi connectivity index (χ0n) is 9.49. The van der Waals surface area contributed by atoms with Gasteiger partial charge in [0, 0.05) is 26.4 Å². The third kappa shape index (κ3) is 13.7. The van der Waals surface area contributed by atoms with Crippen molar-refractivity contribution in [1.29, 1.82) is 0 Å². The van der Waals surface area contributed by atoms with Gasteiger partial charge in [-0.1, -0.05) is 0 Å². The molecule has 0 aromatic heterocycles. The monoisotopic (exact) mass is 236 g/mol. The molecule has 0 atom stereocenters. The highest BCUT2D eigenvalue weighted by Crippen LogP contribution is 2.02. The highest BCUT2D eigenvalue weighted by atomic mass is 32.2. The number of thioether (sulfide) groups is 1. The lowest BCUT2D eigenvalue weighted by atomic mass is 10.5. The molecule has 90 valence electrons. The second kappa shape index (κ2) is 11.8. The fourth-order valence-corrected chi connectivity index (χ4v) is 1.58. The van der Waals surface area contributed by atoms with Crippen LogP contribution in [0.3, 0.4) is 0 Å². The molecular weight excluding hydrogens is 216 g/mol. The highest BCUT2D eigenvalue weighted by Gasteiger charge is 1.94. The summed E-state index contributed by atoms with van der Waals surface area (Å²) in [5.41, 5.74) is 0. The third-order valence-corrected chi connectivity index (χ3v) is 2.57. The van der Waals surface area contributed by atoms with Crippen molar-refractivity contribution in [2.75, 3.05) is 45.0 Å². The molecule has 0 radical (unpaired) electrons. The van der Waals surface area contributed by atoms with Gasteiger partial charge in [-0.25, -0.2) is 0 Å². The number of carbonyl (C=O) groups is 1. The molecule has 0 heterocycles. The standard InChI is InChI=1S/C10H20O4S/c1-10(11)14-7-9-15-8-3-4-13-6-5-12-2/h3-9H2,1-2H3. The minimum atomic E-state index is -0.210. The van der Waals surface area contributed by atoms with E-state index in [0.29, 0.717) is 19.8 Å². The van der Waals surface area contributed by atoms with Crippen LogP contribution in [-0.2, 0) is 19.0 Å². The average Bonchev–Trinajstić information content (AvgIpc) is 2.20. The highest BCUT2D eigenvalue weighted by molar-refractivity contribution is 7.99. The Morgan fingerprint density at radius 1 is 1.13 bits per heavy atom. The van der Waals surface area contributed by atoms with Crippen LogP contribution in [0.1, 0.15) is 13.3 Å². The van der Waals surface area contributed by atoms with Crippen LogP contribution in [0, 0.1) is 0 Å². The number of methoxy groups -OCH3 is 1. The van der Waals surface area contributed by atoms with Crippen molar-refractivity contribution in [3.63, 3.8) is 0 Å². The van der Waals surface area contributed by atoms with E-state index in [2.05, 4.69) is 0 Å². The molecule has 0 fully saturated rings. The molecule has 0 saturated carbocycles. The summed E-state index contributed by atoms with van der Waals surface area (Å²) in [6, 6.07) is 0. The van der Waals surface area contributed by atoms with Gasteiger partial charge in [-0.2, -0.15) is 11.8 Å². The maximum Gasteiger partial charge on any atom is 0.302 e. The SMILES string of the molecule is COCCOCCCSCCOC(C)=O. The fraction of sp³-hybridized carbons (Fsp3) is 0.900. The first kappa shape index (κ1) is 14.7. The van der Waals surface area contributed by atoms with Crippen molar-refractivity contribution in [2.24, 2.45) is 0 Å². The molecule has 0 unspecified atom stereocenters. The number of rotatable bonds is 10. The Morgan fingerprint density at radius 3 is 2.60 bits per heavy atom. The van der Waals surface area contributed by atoms with Crippen LogP contribution in [0.4, 0.5) is 0 Å². The molecule has 0 aliphatic carbocycles. The molecule has 4 nitrogen and oxygen atoms in total. The van der Waals surface area contributed by atoms with E-state index in [0.717, 1.165) is 24.5 Å². The minimum absolute atomic E-state index is 0.210. The minimum Gasteiger partial charge on any atom is -0.465 e. The van der Waals surface area contributed by atoms with Crippen molar-refractivity contribution in [3.8, 4) is 0 Å². The Kier molecular flexibility index (Phi) is 11.6. The van der Waals surface area contributed by atoms with Gasteiger partial charge in [0.1, 0.15) is 6.61 Å². The van der Waals surface area contributed by atoms with Crippen LogP contribution in [0.2, 0.25) is 0 Å². The quantitative estimate of drug-likeness (QED) is 0.423. The summed E-state index contributed by atoms with van der Waals surface area (Å²) in [4.78, 5) is 10.4. The molecule has 0 spiro atoms. The van der Waals surface area contributed by atoms with Gasteiger partial charge in [-0.15, -0.1) is 0 Å². The van der Waals surface area contributed by atoms with E-state index in [-0.39, 0.29) is 5.97 Å². The lowest BCUT2D eigenvalue weighted by Gasteiger charge is -2.04. The second-order valence-corrected chi connectivity index (χ2v) is 4.14. The Hall–Kier alpha value is -0.260. The molecule has 15 heavy (non-hydrogen) atoms. The largest absolute Gasteiger partial charge is 0.465 e.